The molecule has 5 heteroatoms. The van der Waals surface area contributed by atoms with Crippen molar-refractivity contribution in [2.45, 2.75) is 18.1 Å². The van der Waals surface area contributed by atoms with Gasteiger partial charge in [0.25, 0.3) is 0 Å². The number of hydrogen-bond donors (Lipinski definition) is 1. The van der Waals surface area contributed by atoms with Gasteiger partial charge in [-0.2, -0.15) is 0 Å². The Labute approximate surface area is 115 Å². The van der Waals surface area contributed by atoms with Crippen molar-refractivity contribution < 1.29 is 18.8 Å². The average Bonchev–Trinajstić information content (AvgIpc) is 2.89. The molecule has 3 unspecified atom stereocenters. The highest BCUT2D eigenvalue weighted by atomic mass is 32.2. The van der Waals surface area contributed by atoms with E-state index in [2.05, 4.69) is 0 Å². The van der Waals surface area contributed by atoms with Crippen LogP contribution in [0.2, 0.25) is 0 Å². The Balaban J connectivity index is 1.98. The second-order valence-corrected chi connectivity index (χ2v) is 6.46. The first-order chi connectivity index (χ1) is 9.16. The quantitative estimate of drug-likeness (QED) is 0.858. The van der Waals surface area contributed by atoms with Crippen LogP contribution in [0, 0.1) is 5.92 Å². The van der Waals surface area contributed by atoms with Crippen LogP contribution in [0.4, 0.5) is 0 Å². The van der Waals surface area contributed by atoms with Gasteiger partial charge >= 0.3 is 5.97 Å². The van der Waals surface area contributed by atoms with E-state index < -0.39 is 22.0 Å². The number of carboxylic acid groups (broad SMARTS) is 1. The van der Waals surface area contributed by atoms with Gasteiger partial charge in [0, 0.05) is 23.2 Å². The Bertz CT molecular complexity index is 440. The van der Waals surface area contributed by atoms with Gasteiger partial charge in [-0.3, -0.25) is 9.00 Å². The minimum Gasteiger partial charge on any atom is -0.480 e. The maximum atomic E-state index is 12.2. The van der Waals surface area contributed by atoms with Gasteiger partial charge in [-0.25, -0.2) is 0 Å². The summed E-state index contributed by atoms with van der Waals surface area (Å²) in [6.45, 7) is 1.29. The molecule has 0 aromatic heterocycles. The van der Waals surface area contributed by atoms with Gasteiger partial charge in [0.15, 0.2) is 0 Å². The zero-order chi connectivity index (χ0) is 13.7. The largest absolute Gasteiger partial charge is 0.480 e. The molecule has 19 heavy (non-hydrogen) atoms. The zero-order valence-corrected chi connectivity index (χ0v) is 11.5. The van der Waals surface area contributed by atoms with Crippen molar-refractivity contribution in [2.75, 3.05) is 19.0 Å². The van der Waals surface area contributed by atoms with E-state index >= 15 is 0 Å². The summed E-state index contributed by atoms with van der Waals surface area (Å²) in [5.74, 6) is -0.330. The van der Waals surface area contributed by atoms with Crippen molar-refractivity contribution in [2.24, 2.45) is 5.92 Å². The molecule has 1 aromatic rings. The van der Waals surface area contributed by atoms with Crippen LogP contribution in [0.5, 0.6) is 0 Å². The fraction of sp³-hybridized carbons (Fsp3) is 0.500. The SMILES string of the molecule is O=C(O)C(Cc1ccccc1)S(=O)CC1CCOC1. The number of carbonyl (C=O) groups is 1. The third-order valence-electron chi connectivity index (χ3n) is 3.28. The van der Waals surface area contributed by atoms with Gasteiger partial charge in [0.1, 0.15) is 5.25 Å². The first kappa shape index (κ1) is 14.2. The summed E-state index contributed by atoms with van der Waals surface area (Å²) >= 11 is 0. The minimum atomic E-state index is -1.36. The first-order valence-electron chi connectivity index (χ1n) is 6.38. The molecule has 1 aliphatic rings. The molecule has 0 amide bonds. The van der Waals surface area contributed by atoms with E-state index in [9.17, 15) is 14.1 Å². The first-order valence-corrected chi connectivity index (χ1v) is 7.76. The summed E-state index contributed by atoms with van der Waals surface area (Å²) < 4.78 is 17.5. The van der Waals surface area contributed by atoms with Gasteiger partial charge in [0.2, 0.25) is 0 Å². The van der Waals surface area contributed by atoms with Crippen molar-refractivity contribution in [1.29, 1.82) is 0 Å². The van der Waals surface area contributed by atoms with E-state index in [1.165, 1.54) is 0 Å². The van der Waals surface area contributed by atoms with E-state index in [1.807, 2.05) is 30.3 Å². The predicted octanol–water partition coefficient (Wildman–Crippen LogP) is 1.47. The monoisotopic (exact) mass is 282 g/mol. The smallest absolute Gasteiger partial charge is 0.319 e. The van der Waals surface area contributed by atoms with Crippen LogP contribution < -0.4 is 0 Å². The molecular weight excluding hydrogens is 264 g/mol. The Hall–Kier alpha value is -1.20. The maximum absolute atomic E-state index is 12.2. The molecule has 1 saturated heterocycles. The van der Waals surface area contributed by atoms with Crippen LogP contribution in [-0.4, -0.2) is 39.5 Å². The van der Waals surface area contributed by atoms with E-state index in [0.717, 1.165) is 12.0 Å². The average molecular weight is 282 g/mol. The molecule has 3 atom stereocenters. The number of hydrogen-bond acceptors (Lipinski definition) is 3. The minimum absolute atomic E-state index is 0.235. The van der Waals surface area contributed by atoms with Crippen LogP contribution in [0.1, 0.15) is 12.0 Å². The second kappa shape index (κ2) is 6.82. The van der Waals surface area contributed by atoms with Crippen LogP contribution in [0.25, 0.3) is 0 Å². The Morgan fingerprint density at radius 2 is 2.16 bits per heavy atom. The van der Waals surface area contributed by atoms with E-state index in [4.69, 9.17) is 4.74 Å². The van der Waals surface area contributed by atoms with E-state index in [1.54, 1.807) is 0 Å². The van der Waals surface area contributed by atoms with Gasteiger partial charge in [-0.05, 0) is 24.3 Å². The summed E-state index contributed by atoms with van der Waals surface area (Å²) in [5, 5.41) is 8.42. The van der Waals surface area contributed by atoms with Crippen molar-refractivity contribution in [3.8, 4) is 0 Å². The van der Waals surface area contributed by atoms with Crippen molar-refractivity contribution in [1.82, 2.24) is 0 Å². The highest BCUT2D eigenvalue weighted by Crippen LogP contribution is 2.17. The fourth-order valence-corrected chi connectivity index (χ4v) is 3.75. The zero-order valence-electron chi connectivity index (χ0n) is 10.7. The van der Waals surface area contributed by atoms with Crippen molar-refractivity contribution in [3.05, 3.63) is 35.9 Å². The van der Waals surface area contributed by atoms with Gasteiger partial charge < -0.3 is 9.84 Å². The summed E-state index contributed by atoms with van der Waals surface area (Å²) in [5.41, 5.74) is 0.908. The van der Waals surface area contributed by atoms with Crippen molar-refractivity contribution in [3.63, 3.8) is 0 Å². The Kier molecular flexibility index (Phi) is 5.10. The lowest BCUT2D eigenvalue weighted by Crippen LogP contribution is -2.31. The lowest BCUT2D eigenvalue weighted by atomic mass is 10.1. The number of ether oxygens (including phenoxy) is 1. The number of carboxylic acids is 1. The van der Waals surface area contributed by atoms with Crippen LogP contribution in [0.3, 0.4) is 0 Å². The van der Waals surface area contributed by atoms with E-state index in [-0.39, 0.29) is 5.92 Å². The standard InChI is InChI=1S/C14H18O4S/c15-14(16)13(8-11-4-2-1-3-5-11)19(17)10-12-6-7-18-9-12/h1-5,12-13H,6-10H2,(H,15,16). The molecule has 0 spiro atoms. The fourth-order valence-electron chi connectivity index (χ4n) is 2.18. The lowest BCUT2D eigenvalue weighted by molar-refractivity contribution is -0.136. The molecular formula is C14H18O4S. The lowest BCUT2D eigenvalue weighted by Gasteiger charge is -2.14. The highest BCUT2D eigenvalue weighted by Gasteiger charge is 2.28. The third-order valence-corrected chi connectivity index (χ3v) is 5.08. The molecule has 1 N–H and O–H groups in total. The summed E-state index contributed by atoms with van der Waals surface area (Å²) in [4.78, 5) is 11.3. The molecule has 0 aliphatic carbocycles. The molecule has 4 nitrogen and oxygen atoms in total. The Morgan fingerprint density at radius 1 is 1.42 bits per heavy atom. The van der Waals surface area contributed by atoms with Gasteiger partial charge in [-0.1, -0.05) is 30.3 Å². The molecule has 2 rings (SSSR count). The summed E-state index contributed by atoms with van der Waals surface area (Å²) in [6, 6.07) is 9.34. The van der Waals surface area contributed by atoms with Crippen LogP contribution in [0.15, 0.2) is 30.3 Å². The molecule has 1 fully saturated rings. The van der Waals surface area contributed by atoms with Crippen molar-refractivity contribution >= 4 is 16.8 Å². The summed E-state index contributed by atoms with van der Waals surface area (Å²) in [6.07, 6.45) is 1.19. The molecule has 1 aliphatic heterocycles. The van der Waals surface area contributed by atoms with E-state index in [0.29, 0.717) is 25.4 Å². The third kappa shape index (κ3) is 4.14. The predicted molar refractivity (Wildman–Crippen MR) is 73.5 cm³/mol. The highest BCUT2D eigenvalue weighted by molar-refractivity contribution is 7.86. The molecule has 0 bridgehead atoms. The Morgan fingerprint density at radius 3 is 2.74 bits per heavy atom. The van der Waals surface area contributed by atoms with Crippen LogP contribution >= 0.6 is 0 Å². The molecule has 1 heterocycles. The van der Waals surface area contributed by atoms with Crippen LogP contribution in [-0.2, 0) is 26.8 Å². The molecule has 1 aromatic carbocycles. The number of aliphatic carboxylic acids is 1. The number of benzene rings is 1. The second-order valence-electron chi connectivity index (χ2n) is 4.79. The molecule has 0 radical (unpaired) electrons. The maximum Gasteiger partial charge on any atom is 0.319 e. The van der Waals surface area contributed by atoms with Gasteiger partial charge in [0.05, 0.1) is 6.61 Å². The normalized spacial score (nSPS) is 22.0. The summed E-state index contributed by atoms with van der Waals surface area (Å²) in [7, 11) is -1.36. The molecule has 0 saturated carbocycles. The number of rotatable bonds is 6. The molecule has 104 valence electrons. The van der Waals surface area contributed by atoms with Gasteiger partial charge in [-0.15, -0.1) is 0 Å². The topological polar surface area (TPSA) is 63.6 Å².